The van der Waals surface area contributed by atoms with Crippen LogP contribution >= 0.6 is 11.8 Å². The minimum Gasteiger partial charge on any atom is -0.285 e. The quantitative estimate of drug-likeness (QED) is 0.731. The molecule has 0 N–H and O–H groups in total. The minimum absolute atomic E-state index is 0.110. The van der Waals surface area contributed by atoms with Crippen LogP contribution in [0.1, 0.15) is 38.2 Å². The van der Waals surface area contributed by atoms with Crippen molar-refractivity contribution in [3.8, 4) is 0 Å². The highest BCUT2D eigenvalue weighted by atomic mass is 32.2. The Kier molecular flexibility index (Phi) is 5.07. The van der Waals surface area contributed by atoms with Gasteiger partial charge in [0.2, 0.25) is 5.91 Å². The second kappa shape index (κ2) is 7.62. The zero-order chi connectivity index (χ0) is 17.9. The third-order valence-electron chi connectivity index (χ3n) is 5.22. The summed E-state index contributed by atoms with van der Waals surface area (Å²) in [6.45, 7) is 2.77. The van der Waals surface area contributed by atoms with Gasteiger partial charge in [0.05, 0.1) is 12.3 Å². The van der Waals surface area contributed by atoms with Crippen molar-refractivity contribution < 1.29 is 4.79 Å². The van der Waals surface area contributed by atoms with E-state index in [1.807, 2.05) is 18.2 Å². The maximum Gasteiger partial charge on any atom is 0.239 e. The second-order valence-electron chi connectivity index (χ2n) is 7.03. The number of carbonyl (C=O) groups excluding carboxylic acids is 1. The average Bonchev–Trinajstić information content (AvgIpc) is 3.01. The smallest absolute Gasteiger partial charge is 0.239 e. The predicted molar refractivity (Wildman–Crippen MR) is 109 cm³/mol. The van der Waals surface area contributed by atoms with E-state index in [-0.39, 0.29) is 5.91 Å². The number of rotatable bonds is 3. The summed E-state index contributed by atoms with van der Waals surface area (Å²) in [5.74, 6) is 1.06. The van der Waals surface area contributed by atoms with Gasteiger partial charge in [-0.05, 0) is 41.5 Å². The number of hydrogen-bond acceptors (Lipinski definition) is 4. The summed E-state index contributed by atoms with van der Waals surface area (Å²) in [5, 5.41) is 12.1. The van der Waals surface area contributed by atoms with E-state index in [1.54, 1.807) is 4.90 Å². The Balaban J connectivity index is 1.60. The largest absolute Gasteiger partial charge is 0.285 e. The molecule has 26 heavy (non-hydrogen) atoms. The molecule has 2 fully saturated rings. The van der Waals surface area contributed by atoms with Gasteiger partial charge in [-0.15, -0.1) is 5.10 Å². The fraction of sp³-hybridized carbons (Fsp3) is 0.381. The second-order valence-corrected chi connectivity index (χ2v) is 7.97. The average molecular weight is 366 g/mol. The molecule has 0 spiro atoms. The highest BCUT2D eigenvalue weighted by Gasteiger charge is 2.29. The van der Waals surface area contributed by atoms with Gasteiger partial charge in [-0.1, -0.05) is 67.6 Å². The molecule has 134 valence electrons. The Labute approximate surface area is 158 Å². The molecular weight excluding hydrogens is 342 g/mol. The van der Waals surface area contributed by atoms with Crippen molar-refractivity contribution in [3.63, 3.8) is 0 Å². The molecule has 1 aliphatic heterocycles. The standard InChI is InChI=1S/C21H23N3OS/c1-15-7-2-5-12-19(15)22-23-21-24(20(25)14-26-21)13-17-10-6-9-16-8-3-4-11-18(16)17/h3-4,6,8-11,15H,2,5,7,12-14H2,1H3/b22-19+,23-21-. The van der Waals surface area contributed by atoms with Gasteiger partial charge in [0, 0.05) is 5.71 Å². The molecule has 5 heteroatoms. The molecule has 1 heterocycles. The first-order chi connectivity index (χ1) is 12.7. The number of nitrogens with zero attached hydrogens (tertiary/aromatic N) is 3. The Morgan fingerprint density at radius 2 is 1.96 bits per heavy atom. The van der Waals surface area contributed by atoms with Crippen LogP contribution in [0, 0.1) is 5.92 Å². The van der Waals surface area contributed by atoms with Crippen molar-refractivity contribution >= 4 is 39.3 Å². The lowest BCUT2D eigenvalue weighted by molar-refractivity contribution is -0.124. The van der Waals surface area contributed by atoms with Crippen molar-refractivity contribution in [1.82, 2.24) is 4.90 Å². The van der Waals surface area contributed by atoms with Crippen molar-refractivity contribution in [2.24, 2.45) is 16.1 Å². The van der Waals surface area contributed by atoms with Crippen LogP contribution in [0.3, 0.4) is 0 Å². The van der Waals surface area contributed by atoms with E-state index in [2.05, 4.69) is 41.4 Å². The van der Waals surface area contributed by atoms with Gasteiger partial charge in [0.25, 0.3) is 0 Å². The van der Waals surface area contributed by atoms with Gasteiger partial charge in [-0.25, -0.2) is 0 Å². The number of benzene rings is 2. The van der Waals surface area contributed by atoms with Gasteiger partial charge in [0.1, 0.15) is 0 Å². The van der Waals surface area contributed by atoms with E-state index in [4.69, 9.17) is 0 Å². The number of hydrogen-bond donors (Lipinski definition) is 0. The molecule has 1 amide bonds. The van der Waals surface area contributed by atoms with Crippen LogP contribution in [-0.2, 0) is 11.3 Å². The van der Waals surface area contributed by atoms with Crippen LogP contribution in [0.25, 0.3) is 10.8 Å². The van der Waals surface area contributed by atoms with Crippen LogP contribution in [0.5, 0.6) is 0 Å². The molecule has 1 saturated carbocycles. The highest BCUT2D eigenvalue weighted by molar-refractivity contribution is 8.15. The molecule has 0 radical (unpaired) electrons. The molecule has 4 rings (SSSR count). The number of amides is 1. The summed E-state index contributed by atoms with van der Waals surface area (Å²) < 4.78 is 0. The van der Waals surface area contributed by atoms with E-state index in [0.29, 0.717) is 18.2 Å². The monoisotopic (exact) mass is 365 g/mol. The fourth-order valence-electron chi connectivity index (χ4n) is 3.65. The maximum absolute atomic E-state index is 12.4. The van der Waals surface area contributed by atoms with Crippen LogP contribution in [0.15, 0.2) is 52.7 Å². The summed E-state index contributed by atoms with van der Waals surface area (Å²) in [6, 6.07) is 14.5. The van der Waals surface area contributed by atoms with E-state index in [0.717, 1.165) is 17.2 Å². The Morgan fingerprint density at radius 3 is 2.85 bits per heavy atom. The van der Waals surface area contributed by atoms with E-state index in [1.165, 1.54) is 47.5 Å². The number of thioether (sulfide) groups is 1. The van der Waals surface area contributed by atoms with Crippen LogP contribution in [0.4, 0.5) is 0 Å². The molecule has 1 unspecified atom stereocenters. The number of carbonyl (C=O) groups is 1. The molecular formula is C21H23N3OS. The van der Waals surface area contributed by atoms with Crippen LogP contribution < -0.4 is 0 Å². The van der Waals surface area contributed by atoms with Gasteiger partial charge < -0.3 is 0 Å². The lowest BCUT2D eigenvalue weighted by Crippen LogP contribution is -2.29. The first-order valence-electron chi connectivity index (χ1n) is 9.26. The third-order valence-corrected chi connectivity index (χ3v) is 6.17. The summed E-state index contributed by atoms with van der Waals surface area (Å²) in [5.41, 5.74) is 2.32. The van der Waals surface area contributed by atoms with Crippen molar-refractivity contribution in [2.75, 3.05) is 5.75 Å². The first kappa shape index (κ1) is 17.3. The number of amidine groups is 1. The molecule has 1 aliphatic carbocycles. The number of fused-ring (bicyclic) bond motifs is 1. The topological polar surface area (TPSA) is 45.0 Å². The van der Waals surface area contributed by atoms with Gasteiger partial charge in [0.15, 0.2) is 5.17 Å². The predicted octanol–water partition coefficient (Wildman–Crippen LogP) is 4.84. The SMILES string of the molecule is CC1CCCC/C1=N\N=C1/SCC(=O)N1Cc1cccc2ccccc12. The lowest BCUT2D eigenvalue weighted by Gasteiger charge is -2.19. The van der Waals surface area contributed by atoms with E-state index >= 15 is 0 Å². The molecule has 0 bridgehead atoms. The summed E-state index contributed by atoms with van der Waals surface area (Å²) in [7, 11) is 0. The van der Waals surface area contributed by atoms with Crippen LogP contribution in [-0.4, -0.2) is 27.4 Å². The molecule has 1 saturated heterocycles. The van der Waals surface area contributed by atoms with Crippen LogP contribution in [0.2, 0.25) is 0 Å². The lowest BCUT2D eigenvalue weighted by atomic mass is 9.89. The molecule has 2 aromatic carbocycles. The zero-order valence-electron chi connectivity index (χ0n) is 15.0. The Morgan fingerprint density at radius 1 is 1.12 bits per heavy atom. The van der Waals surface area contributed by atoms with Crippen molar-refractivity contribution in [1.29, 1.82) is 0 Å². The van der Waals surface area contributed by atoms with Gasteiger partial charge >= 0.3 is 0 Å². The van der Waals surface area contributed by atoms with Gasteiger partial charge in [-0.3, -0.25) is 9.69 Å². The third kappa shape index (κ3) is 3.54. The minimum atomic E-state index is 0.110. The summed E-state index contributed by atoms with van der Waals surface area (Å²) in [4.78, 5) is 14.2. The normalized spacial score (nSPS) is 24.1. The summed E-state index contributed by atoms with van der Waals surface area (Å²) in [6.07, 6.45) is 4.69. The molecule has 0 aromatic heterocycles. The van der Waals surface area contributed by atoms with E-state index in [9.17, 15) is 4.79 Å². The molecule has 4 nitrogen and oxygen atoms in total. The molecule has 2 aliphatic rings. The first-order valence-corrected chi connectivity index (χ1v) is 10.2. The van der Waals surface area contributed by atoms with Crippen molar-refractivity contribution in [2.45, 2.75) is 39.2 Å². The Bertz CT molecular complexity index is 884. The maximum atomic E-state index is 12.4. The van der Waals surface area contributed by atoms with Crippen molar-refractivity contribution in [3.05, 3.63) is 48.0 Å². The highest BCUT2D eigenvalue weighted by Crippen LogP contribution is 2.26. The fourth-order valence-corrected chi connectivity index (χ4v) is 4.48. The van der Waals surface area contributed by atoms with E-state index < -0.39 is 0 Å². The summed E-state index contributed by atoms with van der Waals surface area (Å²) >= 11 is 1.49. The zero-order valence-corrected chi connectivity index (χ0v) is 15.8. The Hall–Kier alpha value is -2.14. The molecule has 2 aromatic rings. The van der Waals surface area contributed by atoms with Gasteiger partial charge in [-0.2, -0.15) is 5.10 Å². The molecule has 1 atom stereocenters.